The molecular weight excluding hydrogens is 354 g/mol. The average molecular weight is 379 g/mol. The van der Waals surface area contributed by atoms with Crippen molar-refractivity contribution in [2.24, 2.45) is 0 Å². The van der Waals surface area contributed by atoms with Crippen molar-refractivity contribution in [2.75, 3.05) is 33.4 Å². The van der Waals surface area contributed by atoms with Crippen molar-refractivity contribution < 1.29 is 33.7 Å². The van der Waals surface area contributed by atoms with Gasteiger partial charge in [-0.15, -0.1) is 0 Å². The number of hydrogen-bond acceptors (Lipinski definition) is 6. The number of ketones is 1. The minimum atomic E-state index is -0.938. The van der Waals surface area contributed by atoms with Crippen LogP contribution in [0.25, 0.3) is 0 Å². The number of Topliss-reactive ketones (excluding diaryl/α,β-unsaturated/α-hetero) is 1. The lowest BCUT2D eigenvalue weighted by Crippen LogP contribution is -2.46. The van der Waals surface area contributed by atoms with Crippen LogP contribution in [-0.2, 0) is 14.3 Å². The Bertz CT molecular complexity index is 689. The first-order valence-electron chi connectivity index (χ1n) is 8.83. The predicted octanol–water partition coefficient (Wildman–Crippen LogP) is 1.76. The van der Waals surface area contributed by atoms with E-state index >= 15 is 0 Å². The summed E-state index contributed by atoms with van der Waals surface area (Å²) in [5.74, 6) is -0.0534. The molecule has 0 spiro atoms. The number of rotatable bonds is 9. The van der Waals surface area contributed by atoms with E-state index in [2.05, 4.69) is 0 Å². The first-order valence-corrected chi connectivity index (χ1v) is 8.83. The molecule has 0 radical (unpaired) electrons. The van der Waals surface area contributed by atoms with Gasteiger partial charge in [0.1, 0.15) is 0 Å². The second kappa shape index (κ2) is 9.91. The number of carboxylic acid groups (broad SMARTS) is 1. The molecule has 0 bridgehead atoms. The Morgan fingerprint density at radius 3 is 2.74 bits per heavy atom. The molecule has 1 saturated heterocycles. The summed E-state index contributed by atoms with van der Waals surface area (Å²) in [4.78, 5) is 36.1. The number of nitrogens with zero attached hydrogens (tertiary/aromatic N) is 1. The fourth-order valence-corrected chi connectivity index (χ4v) is 2.83. The third-order valence-corrected chi connectivity index (χ3v) is 4.26. The highest BCUT2D eigenvalue weighted by Gasteiger charge is 2.25. The normalized spacial score (nSPS) is 16.7. The van der Waals surface area contributed by atoms with Crippen LogP contribution in [0.5, 0.6) is 11.5 Å². The zero-order valence-electron chi connectivity index (χ0n) is 15.6. The molecular formula is C19H25NO7. The summed E-state index contributed by atoms with van der Waals surface area (Å²) in [7, 11) is 1.50. The van der Waals surface area contributed by atoms with E-state index in [4.69, 9.17) is 19.3 Å². The van der Waals surface area contributed by atoms with Crippen molar-refractivity contribution in [1.82, 2.24) is 4.90 Å². The molecule has 1 fully saturated rings. The van der Waals surface area contributed by atoms with Gasteiger partial charge in [-0.25, -0.2) is 0 Å². The highest BCUT2D eigenvalue weighted by Crippen LogP contribution is 2.28. The second-order valence-electron chi connectivity index (χ2n) is 6.30. The van der Waals surface area contributed by atoms with Crippen molar-refractivity contribution in [2.45, 2.75) is 32.3 Å². The molecule has 1 heterocycles. The number of carboxylic acids is 1. The third kappa shape index (κ3) is 6.25. The second-order valence-corrected chi connectivity index (χ2v) is 6.30. The maximum Gasteiger partial charge on any atom is 0.306 e. The lowest BCUT2D eigenvalue weighted by molar-refractivity contribution is -0.147. The molecule has 1 aliphatic rings. The molecule has 1 aliphatic heterocycles. The maximum atomic E-state index is 12.3. The third-order valence-electron chi connectivity index (χ3n) is 4.26. The summed E-state index contributed by atoms with van der Waals surface area (Å²) < 4.78 is 16.3. The number of morpholine rings is 1. The van der Waals surface area contributed by atoms with Crippen molar-refractivity contribution >= 4 is 17.7 Å². The zero-order chi connectivity index (χ0) is 19.8. The number of aliphatic carboxylic acids is 1. The van der Waals surface area contributed by atoms with Crippen molar-refractivity contribution in [3.8, 4) is 11.5 Å². The van der Waals surface area contributed by atoms with E-state index in [0.29, 0.717) is 56.2 Å². The molecule has 8 nitrogen and oxygen atoms in total. The van der Waals surface area contributed by atoms with Crippen LogP contribution in [0.1, 0.15) is 36.5 Å². The van der Waals surface area contributed by atoms with E-state index in [1.807, 2.05) is 0 Å². The minimum absolute atomic E-state index is 0.0452. The van der Waals surface area contributed by atoms with Gasteiger partial charge in [-0.3, -0.25) is 14.4 Å². The van der Waals surface area contributed by atoms with E-state index in [9.17, 15) is 14.4 Å². The highest BCUT2D eigenvalue weighted by molar-refractivity contribution is 5.94. The van der Waals surface area contributed by atoms with E-state index in [-0.39, 0.29) is 18.1 Å². The molecule has 1 aromatic carbocycles. The summed E-state index contributed by atoms with van der Waals surface area (Å²) in [6.07, 6.45) is 0.244. The number of ether oxygens (including phenoxy) is 3. The van der Waals surface area contributed by atoms with Crippen LogP contribution < -0.4 is 9.47 Å². The standard InChI is InChI=1S/C19H25NO7/c1-13(21)14-5-6-16(17(10-14)25-2)27-8-3-4-18(22)20-7-9-26-15(12-20)11-19(23)24/h5-6,10,15H,3-4,7-9,11-12H2,1-2H3,(H,23,24). The lowest BCUT2D eigenvalue weighted by atomic mass is 10.1. The van der Waals surface area contributed by atoms with Gasteiger partial charge in [0.05, 0.1) is 32.8 Å². The van der Waals surface area contributed by atoms with Crippen LogP contribution in [0.4, 0.5) is 0 Å². The fourth-order valence-electron chi connectivity index (χ4n) is 2.83. The summed E-state index contributed by atoms with van der Waals surface area (Å²) in [5.41, 5.74) is 0.539. The molecule has 27 heavy (non-hydrogen) atoms. The molecule has 1 N–H and O–H groups in total. The van der Waals surface area contributed by atoms with Crippen molar-refractivity contribution in [3.05, 3.63) is 23.8 Å². The summed E-state index contributed by atoms with van der Waals surface area (Å²) in [6, 6.07) is 4.97. The number of carbonyl (C=O) groups excluding carboxylic acids is 2. The first-order chi connectivity index (χ1) is 12.9. The Morgan fingerprint density at radius 2 is 2.07 bits per heavy atom. The SMILES string of the molecule is COc1cc(C(C)=O)ccc1OCCCC(=O)N1CCOC(CC(=O)O)C1. The van der Waals surface area contributed by atoms with E-state index in [0.717, 1.165) is 0 Å². The molecule has 148 valence electrons. The van der Waals surface area contributed by atoms with E-state index < -0.39 is 12.1 Å². The Balaban J connectivity index is 1.78. The first kappa shape index (κ1) is 20.7. The van der Waals surface area contributed by atoms with Crippen LogP contribution in [-0.4, -0.2) is 67.2 Å². The molecule has 0 saturated carbocycles. The number of benzene rings is 1. The van der Waals surface area contributed by atoms with Crippen molar-refractivity contribution in [3.63, 3.8) is 0 Å². The van der Waals surface area contributed by atoms with Gasteiger partial charge >= 0.3 is 5.97 Å². The number of methoxy groups -OCH3 is 1. The van der Waals surface area contributed by atoms with Crippen LogP contribution in [0.3, 0.4) is 0 Å². The van der Waals surface area contributed by atoms with Gasteiger partial charge in [-0.05, 0) is 31.5 Å². The molecule has 1 aromatic rings. The number of amides is 1. The van der Waals surface area contributed by atoms with Gasteiger partial charge in [-0.2, -0.15) is 0 Å². The molecule has 0 aromatic heterocycles. The van der Waals surface area contributed by atoms with E-state index in [1.165, 1.54) is 14.0 Å². The van der Waals surface area contributed by atoms with Gasteiger partial charge in [-0.1, -0.05) is 0 Å². The van der Waals surface area contributed by atoms with Crippen LogP contribution in [0, 0.1) is 0 Å². The van der Waals surface area contributed by atoms with Crippen molar-refractivity contribution in [1.29, 1.82) is 0 Å². The topological polar surface area (TPSA) is 102 Å². The van der Waals surface area contributed by atoms with Gasteiger partial charge in [0.2, 0.25) is 5.91 Å². The number of hydrogen-bond donors (Lipinski definition) is 1. The number of carbonyl (C=O) groups is 3. The quantitative estimate of drug-likeness (QED) is 0.515. The van der Waals surface area contributed by atoms with Gasteiger partial charge in [0.25, 0.3) is 0 Å². The van der Waals surface area contributed by atoms with Crippen LogP contribution >= 0.6 is 0 Å². The highest BCUT2D eigenvalue weighted by atomic mass is 16.5. The van der Waals surface area contributed by atoms with Gasteiger partial charge < -0.3 is 24.2 Å². The minimum Gasteiger partial charge on any atom is -0.493 e. The Labute approximate surface area is 158 Å². The van der Waals surface area contributed by atoms with Crippen LogP contribution in [0.2, 0.25) is 0 Å². The Morgan fingerprint density at radius 1 is 1.30 bits per heavy atom. The maximum absolute atomic E-state index is 12.3. The summed E-state index contributed by atoms with van der Waals surface area (Å²) in [5, 5.41) is 8.83. The summed E-state index contributed by atoms with van der Waals surface area (Å²) >= 11 is 0. The van der Waals surface area contributed by atoms with Gasteiger partial charge in [0.15, 0.2) is 17.3 Å². The molecule has 2 rings (SSSR count). The molecule has 1 unspecified atom stereocenters. The summed E-state index contributed by atoms with van der Waals surface area (Å²) in [6.45, 7) is 2.92. The smallest absolute Gasteiger partial charge is 0.306 e. The monoisotopic (exact) mass is 379 g/mol. The molecule has 8 heteroatoms. The predicted molar refractivity (Wildman–Crippen MR) is 96.3 cm³/mol. The van der Waals surface area contributed by atoms with Crippen LogP contribution in [0.15, 0.2) is 18.2 Å². The fraction of sp³-hybridized carbons (Fsp3) is 0.526. The van der Waals surface area contributed by atoms with E-state index in [1.54, 1.807) is 23.1 Å². The molecule has 0 aliphatic carbocycles. The molecule has 1 atom stereocenters. The Kier molecular flexibility index (Phi) is 7.60. The Hall–Kier alpha value is -2.61. The average Bonchev–Trinajstić information content (AvgIpc) is 2.64. The lowest BCUT2D eigenvalue weighted by Gasteiger charge is -2.32. The van der Waals surface area contributed by atoms with Gasteiger partial charge in [0, 0.05) is 25.1 Å². The zero-order valence-corrected chi connectivity index (χ0v) is 15.6. The molecule has 1 amide bonds. The largest absolute Gasteiger partial charge is 0.493 e.